The van der Waals surface area contributed by atoms with Gasteiger partial charge in [-0.3, -0.25) is 4.90 Å². The van der Waals surface area contributed by atoms with Crippen molar-refractivity contribution >= 4 is 0 Å². The van der Waals surface area contributed by atoms with Gasteiger partial charge in [-0.05, 0) is 27.8 Å². The molecule has 0 aliphatic carbocycles. The molecule has 2 aliphatic rings. The summed E-state index contributed by atoms with van der Waals surface area (Å²) >= 11 is 0. The van der Waals surface area contributed by atoms with Crippen LogP contribution in [0.3, 0.4) is 0 Å². The fourth-order valence-corrected chi connectivity index (χ4v) is 2.45. The van der Waals surface area contributed by atoms with Crippen LogP contribution in [0.2, 0.25) is 0 Å². The van der Waals surface area contributed by atoms with Crippen molar-refractivity contribution in [2.75, 3.05) is 26.7 Å². The van der Waals surface area contributed by atoms with Gasteiger partial charge in [-0.25, -0.2) is 0 Å². The largest absolute Gasteiger partial charge is 0.301 e. The Morgan fingerprint density at radius 3 is 2.17 bits per heavy atom. The van der Waals surface area contributed by atoms with Crippen molar-refractivity contribution in [3.05, 3.63) is 0 Å². The highest BCUT2D eigenvalue weighted by atomic mass is 15.3. The molecule has 2 saturated heterocycles. The molecule has 0 bridgehead atoms. The van der Waals surface area contributed by atoms with Crippen molar-refractivity contribution in [1.82, 2.24) is 9.80 Å². The third kappa shape index (κ3) is 1.17. The maximum Gasteiger partial charge on any atom is 0.0273 e. The van der Waals surface area contributed by atoms with Crippen LogP contribution < -0.4 is 0 Å². The third-order valence-electron chi connectivity index (χ3n) is 3.44. The van der Waals surface area contributed by atoms with E-state index in [2.05, 4.69) is 37.6 Å². The number of likely N-dealkylation sites (N-methyl/N-ethyl adjacent to an activating group) is 1. The Morgan fingerprint density at radius 2 is 1.75 bits per heavy atom. The Bertz CT molecular complexity index is 183. The van der Waals surface area contributed by atoms with E-state index in [0.717, 1.165) is 12.0 Å². The highest BCUT2D eigenvalue weighted by molar-refractivity contribution is 5.01. The fourth-order valence-electron chi connectivity index (χ4n) is 2.45. The van der Waals surface area contributed by atoms with Gasteiger partial charge in [-0.15, -0.1) is 0 Å². The van der Waals surface area contributed by atoms with Gasteiger partial charge in [0.25, 0.3) is 0 Å². The molecule has 70 valence electrons. The minimum Gasteiger partial charge on any atom is -0.301 e. The number of likely N-dealkylation sites (tertiary alicyclic amines) is 2. The van der Waals surface area contributed by atoms with Crippen LogP contribution in [0.4, 0.5) is 0 Å². The predicted molar refractivity (Wildman–Crippen MR) is 51.2 cm³/mol. The molecule has 0 aromatic heterocycles. The van der Waals surface area contributed by atoms with Gasteiger partial charge >= 0.3 is 0 Å². The SMILES string of the molecule is CN1C[C@H]2CN(C(C)(C)C)CC21. The minimum atomic E-state index is 0.373. The van der Waals surface area contributed by atoms with E-state index in [1.807, 2.05) is 0 Å². The van der Waals surface area contributed by atoms with Crippen LogP contribution in [-0.2, 0) is 0 Å². The number of hydrogen-bond acceptors (Lipinski definition) is 2. The lowest BCUT2D eigenvalue weighted by atomic mass is 9.93. The van der Waals surface area contributed by atoms with Gasteiger partial charge in [0.1, 0.15) is 0 Å². The smallest absolute Gasteiger partial charge is 0.0273 e. The molecule has 0 radical (unpaired) electrons. The van der Waals surface area contributed by atoms with Crippen LogP contribution in [0.25, 0.3) is 0 Å². The minimum absolute atomic E-state index is 0.373. The van der Waals surface area contributed by atoms with Crippen LogP contribution in [-0.4, -0.2) is 48.1 Å². The van der Waals surface area contributed by atoms with E-state index in [1.165, 1.54) is 19.6 Å². The van der Waals surface area contributed by atoms with E-state index < -0.39 is 0 Å². The topological polar surface area (TPSA) is 6.48 Å². The van der Waals surface area contributed by atoms with E-state index in [4.69, 9.17) is 0 Å². The summed E-state index contributed by atoms with van der Waals surface area (Å²) in [7, 11) is 2.24. The zero-order chi connectivity index (χ0) is 8.93. The zero-order valence-corrected chi connectivity index (χ0v) is 8.67. The molecule has 2 atom stereocenters. The molecule has 0 spiro atoms. The van der Waals surface area contributed by atoms with Crippen molar-refractivity contribution in [2.24, 2.45) is 5.92 Å². The third-order valence-corrected chi connectivity index (χ3v) is 3.44. The summed E-state index contributed by atoms with van der Waals surface area (Å²) in [6.07, 6.45) is 0. The Balaban J connectivity index is 1.99. The predicted octanol–water partition coefficient (Wildman–Crippen LogP) is 1.03. The maximum absolute atomic E-state index is 2.62. The van der Waals surface area contributed by atoms with Gasteiger partial charge in [-0.1, -0.05) is 0 Å². The first-order chi connectivity index (χ1) is 5.48. The first kappa shape index (κ1) is 8.52. The van der Waals surface area contributed by atoms with Crippen LogP contribution in [0.5, 0.6) is 0 Å². The summed E-state index contributed by atoms with van der Waals surface area (Å²) < 4.78 is 0. The Hall–Kier alpha value is -0.0800. The highest BCUT2D eigenvalue weighted by Crippen LogP contribution is 2.34. The van der Waals surface area contributed by atoms with Gasteiger partial charge < -0.3 is 4.90 Å². The van der Waals surface area contributed by atoms with E-state index >= 15 is 0 Å². The second kappa shape index (κ2) is 2.46. The first-order valence-electron chi connectivity index (χ1n) is 4.94. The quantitative estimate of drug-likeness (QED) is 0.533. The summed E-state index contributed by atoms with van der Waals surface area (Å²) in [5.41, 5.74) is 0.373. The van der Waals surface area contributed by atoms with Crippen molar-refractivity contribution in [3.63, 3.8) is 0 Å². The van der Waals surface area contributed by atoms with Gasteiger partial charge in [-0.2, -0.15) is 0 Å². The Morgan fingerprint density at radius 1 is 1.08 bits per heavy atom. The maximum atomic E-state index is 2.62. The average Bonchev–Trinajstić information content (AvgIpc) is 2.24. The van der Waals surface area contributed by atoms with E-state index in [-0.39, 0.29) is 0 Å². The van der Waals surface area contributed by atoms with E-state index in [9.17, 15) is 0 Å². The number of rotatable bonds is 0. The normalized spacial score (nSPS) is 38.0. The molecule has 1 unspecified atom stereocenters. The molecule has 0 aromatic carbocycles. The lowest BCUT2D eigenvalue weighted by Crippen LogP contribution is -2.53. The van der Waals surface area contributed by atoms with Crippen molar-refractivity contribution < 1.29 is 0 Å². The second-order valence-electron chi connectivity index (χ2n) is 5.34. The molecule has 2 aliphatic heterocycles. The molecule has 0 saturated carbocycles. The first-order valence-corrected chi connectivity index (χ1v) is 4.94. The monoisotopic (exact) mass is 168 g/mol. The van der Waals surface area contributed by atoms with Crippen LogP contribution >= 0.6 is 0 Å². The van der Waals surface area contributed by atoms with Gasteiger partial charge in [0.15, 0.2) is 0 Å². The molecule has 2 fully saturated rings. The van der Waals surface area contributed by atoms with Gasteiger partial charge in [0, 0.05) is 37.1 Å². The fraction of sp³-hybridized carbons (Fsp3) is 1.00. The molecule has 0 aromatic rings. The average molecular weight is 168 g/mol. The van der Waals surface area contributed by atoms with Crippen LogP contribution in [0.15, 0.2) is 0 Å². The van der Waals surface area contributed by atoms with Gasteiger partial charge in [0.2, 0.25) is 0 Å². The lowest BCUT2D eigenvalue weighted by Gasteiger charge is -2.40. The summed E-state index contributed by atoms with van der Waals surface area (Å²) in [6, 6.07) is 0.865. The van der Waals surface area contributed by atoms with Crippen LogP contribution in [0.1, 0.15) is 20.8 Å². The van der Waals surface area contributed by atoms with Gasteiger partial charge in [0.05, 0.1) is 0 Å². The molecular weight excluding hydrogens is 148 g/mol. The molecule has 12 heavy (non-hydrogen) atoms. The van der Waals surface area contributed by atoms with Crippen molar-refractivity contribution in [1.29, 1.82) is 0 Å². The number of nitrogens with zero attached hydrogens (tertiary/aromatic N) is 2. The molecule has 0 N–H and O–H groups in total. The number of hydrogen-bond donors (Lipinski definition) is 0. The molecular formula is C10H20N2. The van der Waals surface area contributed by atoms with E-state index in [1.54, 1.807) is 0 Å². The Labute approximate surface area is 75.5 Å². The summed E-state index contributed by atoms with van der Waals surface area (Å²) in [6.45, 7) is 10.9. The molecule has 2 heteroatoms. The summed E-state index contributed by atoms with van der Waals surface area (Å²) in [5, 5.41) is 0. The number of fused-ring (bicyclic) bond motifs is 1. The standard InChI is InChI=1S/C10H20N2/c1-10(2,3)12-6-8-5-11(4)9(8)7-12/h8-9H,5-7H2,1-4H3/t8-,9?/m0/s1. The molecule has 2 nitrogen and oxygen atoms in total. The highest BCUT2D eigenvalue weighted by Gasteiger charge is 2.45. The molecule has 0 amide bonds. The molecule has 2 heterocycles. The summed E-state index contributed by atoms with van der Waals surface area (Å²) in [4.78, 5) is 5.10. The second-order valence-corrected chi connectivity index (χ2v) is 5.34. The Kier molecular flexibility index (Phi) is 1.74. The van der Waals surface area contributed by atoms with Crippen molar-refractivity contribution in [2.45, 2.75) is 32.4 Å². The zero-order valence-electron chi connectivity index (χ0n) is 8.67. The van der Waals surface area contributed by atoms with Crippen LogP contribution in [0, 0.1) is 5.92 Å². The van der Waals surface area contributed by atoms with Crippen molar-refractivity contribution in [3.8, 4) is 0 Å². The lowest BCUT2D eigenvalue weighted by molar-refractivity contribution is 0.0822. The summed E-state index contributed by atoms with van der Waals surface area (Å²) in [5.74, 6) is 0.967. The molecule has 2 rings (SSSR count). The van der Waals surface area contributed by atoms with E-state index in [0.29, 0.717) is 5.54 Å².